The number of nitrogens with one attached hydrogen (secondary N) is 2. The van der Waals surface area contributed by atoms with Crippen molar-refractivity contribution in [2.24, 2.45) is 0 Å². The zero-order chi connectivity index (χ0) is 18.2. The Balaban J connectivity index is 1.75. The van der Waals surface area contributed by atoms with Gasteiger partial charge in [-0.1, -0.05) is 29.8 Å². The minimum absolute atomic E-state index is 0.312. The van der Waals surface area contributed by atoms with Crippen LogP contribution in [0, 0.1) is 13.8 Å². The van der Waals surface area contributed by atoms with Crippen LogP contribution in [-0.2, 0) is 0 Å². The molecule has 0 radical (unpaired) electrons. The summed E-state index contributed by atoms with van der Waals surface area (Å²) < 4.78 is 11.0. The molecule has 0 aliphatic heterocycles. The molecule has 0 saturated carbocycles. The van der Waals surface area contributed by atoms with Gasteiger partial charge in [0, 0.05) is 11.6 Å². The summed E-state index contributed by atoms with van der Waals surface area (Å²) in [6, 6.07) is 10.8. The lowest BCUT2D eigenvalue weighted by molar-refractivity contribution is 0.250. The Hall–Kier alpha value is -2.40. The summed E-state index contributed by atoms with van der Waals surface area (Å²) in [4.78, 5) is 12.0. The van der Waals surface area contributed by atoms with E-state index < -0.39 is 0 Å². The number of hydrogen-bond acceptors (Lipinski definition) is 3. The second kappa shape index (κ2) is 9.18. The summed E-state index contributed by atoms with van der Waals surface area (Å²) in [7, 11) is 1.54. The van der Waals surface area contributed by atoms with Gasteiger partial charge in [-0.15, -0.1) is 0 Å². The molecule has 2 aromatic rings. The maximum absolute atomic E-state index is 12.0. The lowest BCUT2D eigenvalue weighted by atomic mass is 10.1. The van der Waals surface area contributed by atoms with Gasteiger partial charge in [0.1, 0.15) is 11.5 Å². The Bertz CT molecular complexity index is 714. The highest BCUT2D eigenvalue weighted by molar-refractivity contribution is 6.31. The maximum Gasteiger partial charge on any atom is 0.319 e. The van der Waals surface area contributed by atoms with Gasteiger partial charge in [-0.3, -0.25) is 0 Å². The molecular formula is C19H23ClN2O3. The fourth-order valence-electron chi connectivity index (χ4n) is 2.42. The molecule has 134 valence electrons. The van der Waals surface area contributed by atoms with Gasteiger partial charge in [-0.25, -0.2) is 4.79 Å². The standard InChI is InChI=1S/C19H23ClN2O3/c1-13-6-4-7-14(2)18(13)25-11-5-10-21-19(23)22-16-12-15(20)8-9-17(16)24-3/h4,6-9,12H,5,10-11H2,1-3H3,(H2,21,22,23). The summed E-state index contributed by atoms with van der Waals surface area (Å²) in [5, 5.41) is 6.04. The van der Waals surface area contributed by atoms with Crippen molar-refractivity contribution in [3.8, 4) is 11.5 Å². The molecule has 25 heavy (non-hydrogen) atoms. The number of halogens is 1. The first kappa shape index (κ1) is 18.9. The number of aryl methyl sites for hydroxylation is 2. The number of amides is 2. The van der Waals surface area contributed by atoms with Gasteiger partial charge in [0.05, 0.1) is 19.4 Å². The first-order valence-electron chi connectivity index (χ1n) is 8.08. The van der Waals surface area contributed by atoms with E-state index in [1.807, 2.05) is 32.0 Å². The molecular weight excluding hydrogens is 340 g/mol. The number of ether oxygens (including phenoxy) is 2. The molecule has 0 aliphatic rings. The highest BCUT2D eigenvalue weighted by Gasteiger charge is 2.08. The molecule has 0 atom stereocenters. The topological polar surface area (TPSA) is 59.6 Å². The van der Waals surface area contributed by atoms with E-state index in [2.05, 4.69) is 10.6 Å². The van der Waals surface area contributed by atoms with Crippen LogP contribution in [0.25, 0.3) is 0 Å². The summed E-state index contributed by atoms with van der Waals surface area (Å²) in [5.74, 6) is 1.47. The molecule has 5 nitrogen and oxygen atoms in total. The third-order valence-corrected chi connectivity index (χ3v) is 3.91. The molecule has 0 saturated heterocycles. The van der Waals surface area contributed by atoms with Crippen molar-refractivity contribution in [3.05, 3.63) is 52.5 Å². The highest BCUT2D eigenvalue weighted by atomic mass is 35.5. The van der Waals surface area contributed by atoms with Crippen LogP contribution in [0.3, 0.4) is 0 Å². The molecule has 0 aromatic heterocycles. The maximum atomic E-state index is 12.0. The van der Waals surface area contributed by atoms with Crippen LogP contribution in [0.5, 0.6) is 11.5 Å². The van der Waals surface area contributed by atoms with Crippen molar-refractivity contribution in [3.63, 3.8) is 0 Å². The first-order chi connectivity index (χ1) is 12.0. The zero-order valence-corrected chi connectivity index (χ0v) is 15.4. The molecule has 2 rings (SSSR count). The smallest absolute Gasteiger partial charge is 0.319 e. The Kier molecular flexibility index (Phi) is 6.95. The molecule has 0 aliphatic carbocycles. The minimum atomic E-state index is -0.312. The predicted molar refractivity (Wildman–Crippen MR) is 101 cm³/mol. The summed E-state index contributed by atoms with van der Waals surface area (Å²) in [5.41, 5.74) is 2.75. The average molecular weight is 363 g/mol. The molecule has 2 N–H and O–H groups in total. The first-order valence-corrected chi connectivity index (χ1v) is 8.46. The average Bonchev–Trinajstić information content (AvgIpc) is 2.57. The molecule has 0 bridgehead atoms. The van der Waals surface area contributed by atoms with Crippen molar-refractivity contribution in [2.75, 3.05) is 25.6 Å². The number of rotatable bonds is 7. The van der Waals surface area contributed by atoms with Gasteiger partial charge in [0.25, 0.3) is 0 Å². The third-order valence-electron chi connectivity index (χ3n) is 3.67. The number of anilines is 1. The van der Waals surface area contributed by atoms with Crippen molar-refractivity contribution in [1.29, 1.82) is 0 Å². The molecule has 6 heteroatoms. The number of benzene rings is 2. The van der Waals surface area contributed by atoms with Crippen molar-refractivity contribution in [1.82, 2.24) is 5.32 Å². The van der Waals surface area contributed by atoms with Crippen LogP contribution in [0.2, 0.25) is 5.02 Å². The van der Waals surface area contributed by atoms with Crippen molar-refractivity contribution < 1.29 is 14.3 Å². The van der Waals surface area contributed by atoms with Crippen LogP contribution < -0.4 is 20.1 Å². The van der Waals surface area contributed by atoms with E-state index in [1.54, 1.807) is 18.2 Å². The van der Waals surface area contributed by atoms with E-state index in [-0.39, 0.29) is 6.03 Å². The van der Waals surface area contributed by atoms with Crippen molar-refractivity contribution >= 4 is 23.3 Å². The van der Waals surface area contributed by atoms with Gasteiger partial charge in [0.15, 0.2) is 0 Å². The SMILES string of the molecule is COc1ccc(Cl)cc1NC(=O)NCCCOc1c(C)cccc1C. The van der Waals surface area contributed by atoms with E-state index in [4.69, 9.17) is 21.1 Å². The van der Waals surface area contributed by atoms with Crippen LogP contribution >= 0.6 is 11.6 Å². The zero-order valence-electron chi connectivity index (χ0n) is 14.7. The van der Waals surface area contributed by atoms with Gasteiger partial charge in [0.2, 0.25) is 0 Å². The largest absolute Gasteiger partial charge is 0.495 e. The third kappa shape index (κ3) is 5.57. The van der Waals surface area contributed by atoms with Crippen LogP contribution in [0.4, 0.5) is 10.5 Å². The molecule has 0 unspecified atom stereocenters. The molecule has 0 heterocycles. The number of para-hydroxylation sites is 1. The molecule has 0 spiro atoms. The van der Waals surface area contributed by atoms with Gasteiger partial charge < -0.3 is 20.1 Å². The van der Waals surface area contributed by atoms with E-state index in [0.717, 1.165) is 16.9 Å². The quantitative estimate of drug-likeness (QED) is 0.710. The van der Waals surface area contributed by atoms with Crippen LogP contribution in [0.15, 0.2) is 36.4 Å². The normalized spacial score (nSPS) is 10.2. The fraction of sp³-hybridized carbons (Fsp3) is 0.316. The summed E-state index contributed by atoms with van der Waals surface area (Å²) in [6.45, 7) is 5.07. The number of methoxy groups -OCH3 is 1. The Morgan fingerprint density at radius 3 is 2.56 bits per heavy atom. The Morgan fingerprint density at radius 2 is 1.88 bits per heavy atom. The fourth-order valence-corrected chi connectivity index (χ4v) is 2.59. The van der Waals surface area contributed by atoms with Crippen LogP contribution in [0.1, 0.15) is 17.5 Å². The second-order valence-electron chi connectivity index (χ2n) is 5.65. The second-order valence-corrected chi connectivity index (χ2v) is 6.08. The van der Waals surface area contributed by atoms with Gasteiger partial charge in [-0.05, 0) is 49.6 Å². The monoisotopic (exact) mass is 362 g/mol. The number of carbonyl (C=O) groups excluding carboxylic acids is 1. The number of carbonyl (C=O) groups is 1. The lowest BCUT2D eigenvalue weighted by Crippen LogP contribution is -2.30. The molecule has 0 fully saturated rings. The summed E-state index contributed by atoms with van der Waals surface area (Å²) in [6.07, 6.45) is 0.702. The minimum Gasteiger partial charge on any atom is -0.495 e. The van der Waals surface area contributed by atoms with Crippen LogP contribution in [-0.4, -0.2) is 26.3 Å². The summed E-state index contributed by atoms with van der Waals surface area (Å²) >= 11 is 5.94. The predicted octanol–water partition coefficient (Wildman–Crippen LogP) is 4.56. The van der Waals surface area contributed by atoms with E-state index >= 15 is 0 Å². The highest BCUT2D eigenvalue weighted by Crippen LogP contribution is 2.27. The number of urea groups is 1. The van der Waals surface area contributed by atoms with E-state index in [0.29, 0.717) is 36.0 Å². The van der Waals surface area contributed by atoms with Crippen molar-refractivity contribution in [2.45, 2.75) is 20.3 Å². The lowest BCUT2D eigenvalue weighted by Gasteiger charge is -2.13. The van der Waals surface area contributed by atoms with E-state index in [1.165, 1.54) is 7.11 Å². The molecule has 2 aromatic carbocycles. The van der Waals surface area contributed by atoms with Gasteiger partial charge >= 0.3 is 6.03 Å². The van der Waals surface area contributed by atoms with E-state index in [9.17, 15) is 4.79 Å². The molecule has 2 amide bonds. The Labute approximate surface area is 153 Å². The Morgan fingerprint density at radius 1 is 1.16 bits per heavy atom. The van der Waals surface area contributed by atoms with Gasteiger partial charge in [-0.2, -0.15) is 0 Å². The number of hydrogen-bond donors (Lipinski definition) is 2.